The molecule has 0 fully saturated rings. The molecule has 2 amide bonds. The summed E-state index contributed by atoms with van der Waals surface area (Å²) in [6.45, 7) is 0. The van der Waals surface area contributed by atoms with Gasteiger partial charge in [-0.05, 0) is 54.6 Å². The number of nitrogens with two attached hydrogens (primary N) is 1. The second kappa shape index (κ2) is 9.61. The van der Waals surface area contributed by atoms with Gasteiger partial charge in [-0.2, -0.15) is 0 Å². The van der Waals surface area contributed by atoms with Crippen molar-refractivity contribution in [1.82, 2.24) is 14.8 Å². The van der Waals surface area contributed by atoms with Crippen molar-refractivity contribution in [2.75, 3.05) is 11.1 Å². The van der Waals surface area contributed by atoms with E-state index in [1.165, 1.54) is 24.3 Å². The Morgan fingerprint density at radius 1 is 0.970 bits per heavy atom. The van der Waals surface area contributed by atoms with Gasteiger partial charge < -0.3 is 11.1 Å². The number of amides is 2. The van der Waals surface area contributed by atoms with Gasteiger partial charge in [0.2, 0.25) is 11.8 Å². The summed E-state index contributed by atoms with van der Waals surface area (Å²) >= 11 is 1.09. The Bertz CT molecular complexity index is 1310. The number of benzene rings is 3. The third kappa shape index (κ3) is 5.07. The molecule has 0 unspecified atom stereocenters. The fraction of sp³-hybridized carbons (Fsp3) is 0.0435. The van der Waals surface area contributed by atoms with Crippen molar-refractivity contribution in [3.8, 4) is 17.1 Å². The van der Waals surface area contributed by atoms with Crippen LogP contribution in [0.3, 0.4) is 0 Å². The standard InChI is InChI=1S/C23H17F2N5O2S/c24-16-9-6-14(7-10-16)22-28-29-23(30(22)17-4-2-1-3-5-17)33-13-20(31)27-19-12-15(21(26)32)8-11-18(19)25/h1-12H,13H2,(H2,26,32)(H,27,31). The molecule has 0 bridgehead atoms. The molecule has 3 N–H and O–H groups in total. The minimum Gasteiger partial charge on any atom is -0.366 e. The maximum Gasteiger partial charge on any atom is 0.248 e. The molecule has 3 aromatic carbocycles. The van der Waals surface area contributed by atoms with Crippen molar-refractivity contribution in [3.63, 3.8) is 0 Å². The second-order valence-electron chi connectivity index (χ2n) is 6.88. The van der Waals surface area contributed by atoms with Crippen LogP contribution in [0.5, 0.6) is 0 Å². The molecule has 0 saturated carbocycles. The summed E-state index contributed by atoms with van der Waals surface area (Å²) < 4.78 is 29.2. The van der Waals surface area contributed by atoms with Crippen LogP contribution in [0.2, 0.25) is 0 Å². The van der Waals surface area contributed by atoms with Crippen LogP contribution < -0.4 is 11.1 Å². The molecule has 0 aliphatic carbocycles. The number of hydrogen-bond donors (Lipinski definition) is 2. The van der Waals surface area contributed by atoms with Gasteiger partial charge in [0.15, 0.2) is 11.0 Å². The summed E-state index contributed by atoms with van der Waals surface area (Å²) in [7, 11) is 0. The third-order valence-electron chi connectivity index (χ3n) is 4.61. The smallest absolute Gasteiger partial charge is 0.248 e. The number of thioether (sulfide) groups is 1. The Labute approximate surface area is 191 Å². The van der Waals surface area contributed by atoms with Crippen LogP contribution in [-0.4, -0.2) is 32.3 Å². The normalized spacial score (nSPS) is 10.7. The van der Waals surface area contributed by atoms with E-state index < -0.39 is 17.6 Å². The van der Waals surface area contributed by atoms with Gasteiger partial charge in [-0.3, -0.25) is 14.2 Å². The lowest BCUT2D eigenvalue weighted by atomic mass is 10.2. The number of carbonyl (C=O) groups is 2. The number of hydrogen-bond acceptors (Lipinski definition) is 5. The van der Waals surface area contributed by atoms with E-state index in [1.54, 1.807) is 16.7 Å². The highest BCUT2D eigenvalue weighted by atomic mass is 32.2. The van der Waals surface area contributed by atoms with Gasteiger partial charge in [-0.25, -0.2) is 8.78 Å². The maximum absolute atomic E-state index is 14.0. The van der Waals surface area contributed by atoms with Crippen LogP contribution >= 0.6 is 11.8 Å². The average Bonchev–Trinajstić information content (AvgIpc) is 3.24. The largest absolute Gasteiger partial charge is 0.366 e. The second-order valence-corrected chi connectivity index (χ2v) is 7.82. The SMILES string of the molecule is NC(=O)c1ccc(F)c(NC(=O)CSc2nnc(-c3ccc(F)cc3)n2-c2ccccc2)c1. The molecule has 0 radical (unpaired) electrons. The van der Waals surface area contributed by atoms with Crippen LogP contribution in [0.1, 0.15) is 10.4 Å². The number of aromatic nitrogens is 3. The highest BCUT2D eigenvalue weighted by molar-refractivity contribution is 7.99. The molecule has 0 aliphatic heterocycles. The van der Waals surface area contributed by atoms with Crippen LogP contribution in [0.4, 0.5) is 14.5 Å². The molecule has 166 valence electrons. The molecular weight excluding hydrogens is 448 g/mol. The highest BCUT2D eigenvalue weighted by Gasteiger charge is 2.18. The molecule has 0 aliphatic rings. The maximum atomic E-state index is 14.0. The minimum absolute atomic E-state index is 0.0760. The summed E-state index contributed by atoms with van der Waals surface area (Å²) in [5.74, 6) is -1.93. The molecule has 7 nitrogen and oxygen atoms in total. The predicted octanol–water partition coefficient (Wildman–Crippen LogP) is 4.04. The molecule has 0 atom stereocenters. The van der Waals surface area contributed by atoms with E-state index in [2.05, 4.69) is 15.5 Å². The number of carbonyl (C=O) groups excluding carboxylic acids is 2. The average molecular weight is 465 g/mol. The first-order chi connectivity index (χ1) is 15.9. The lowest BCUT2D eigenvalue weighted by Gasteiger charge is -2.11. The predicted molar refractivity (Wildman–Crippen MR) is 121 cm³/mol. The first-order valence-corrected chi connectivity index (χ1v) is 10.7. The molecule has 1 aromatic heterocycles. The highest BCUT2D eigenvalue weighted by Crippen LogP contribution is 2.28. The van der Waals surface area contributed by atoms with Crippen molar-refractivity contribution in [3.05, 3.63) is 90.0 Å². The number of primary amides is 1. The van der Waals surface area contributed by atoms with E-state index in [9.17, 15) is 18.4 Å². The Morgan fingerprint density at radius 2 is 1.70 bits per heavy atom. The summed E-state index contributed by atoms with van der Waals surface area (Å²) in [6, 6.07) is 18.6. The zero-order chi connectivity index (χ0) is 23.4. The van der Waals surface area contributed by atoms with Gasteiger partial charge in [-0.15, -0.1) is 10.2 Å². The summed E-state index contributed by atoms with van der Waals surface area (Å²) in [5, 5.41) is 11.3. The van der Waals surface area contributed by atoms with Crippen molar-refractivity contribution in [2.24, 2.45) is 5.73 Å². The number of para-hydroxylation sites is 1. The molecule has 4 aromatic rings. The first-order valence-electron chi connectivity index (χ1n) is 9.71. The summed E-state index contributed by atoms with van der Waals surface area (Å²) in [6.07, 6.45) is 0. The van der Waals surface area contributed by atoms with Crippen molar-refractivity contribution < 1.29 is 18.4 Å². The van der Waals surface area contributed by atoms with Gasteiger partial charge in [0, 0.05) is 16.8 Å². The number of rotatable bonds is 7. The van der Waals surface area contributed by atoms with E-state index in [0.717, 1.165) is 23.5 Å². The summed E-state index contributed by atoms with van der Waals surface area (Å²) in [5.41, 5.74) is 6.54. The fourth-order valence-electron chi connectivity index (χ4n) is 3.05. The number of nitrogens with zero attached hydrogens (tertiary/aromatic N) is 3. The van der Waals surface area contributed by atoms with E-state index >= 15 is 0 Å². The molecule has 33 heavy (non-hydrogen) atoms. The topological polar surface area (TPSA) is 103 Å². The molecule has 0 spiro atoms. The third-order valence-corrected chi connectivity index (χ3v) is 5.54. The summed E-state index contributed by atoms with van der Waals surface area (Å²) in [4.78, 5) is 23.8. The monoisotopic (exact) mass is 465 g/mol. The van der Waals surface area contributed by atoms with Gasteiger partial charge in [0.25, 0.3) is 0 Å². The molecule has 4 rings (SSSR count). The lowest BCUT2D eigenvalue weighted by Crippen LogP contribution is -2.17. The van der Waals surface area contributed by atoms with Crippen LogP contribution in [0.25, 0.3) is 17.1 Å². The minimum atomic E-state index is -0.732. The zero-order valence-corrected chi connectivity index (χ0v) is 17.9. The van der Waals surface area contributed by atoms with E-state index in [0.29, 0.717) is 16.5 Å². The Morgan fingerprint density at radius 3 is 2.39 bits per heavy atom. The van der Waals surface area contributed by atoms with E-state index in [1.807, 2.05) is 30.3 Å². The molecule has 10 heteroatoms. The van der Waals surface area contributed by atoms with Gasteiger partial charge in [0.1, 0.15) is 11.6 Å². The number of nitrogens with one attached hydrogen (secondary N) is 1. The Balaban J connectivity index is 1.57. The Kier molecular flexibility index (Phi) is 6.45. The zero-order valence-electron chi connectivity index (χ0n) is 17.0. The van der Waals surface area contributed by atoms with Crippen molar-refractivity contribution in [2.45, 2.75) is 5.16 Å². The van der Waals surface area contributed by atoms with Crippen molar-refractivity contribution >= 4 is 29.3 Å². The van der Waals surface area contributed by atoms with E-state index in [-0.39, 0.29) is 22.8 Å². The van der Waals surface area contributed by atoms with Crippen LogP contribution in [0.15, 0.2) is 78.0 Å². The number of anilines is 1. The number of halogens is 2. The van der Waals surface area contributed by atoms with Crippen LogP contribution in [0, 0.1) is 11.6 Å². The quantitative estimate of drug-likeness (QED) is 0.401. The van der Waals surface area contributed by atoms with E-state index in [4.69, 9.17) is 5.73 Å². The Hall–Kier alpha value is -4.05. The van der Waals surface area contributed by atoms with Gasteiger partial charge >= 0.3 is 0 Å². The van der Waals surface area contributed by atoms with Gasteiger partial charge in [0.05, 0.1) is 11.4 Å². The molecular formula is C23H17F2N5O2S. The lowest BCUT2D eigenvalue weighted by molar-refractivity contribution is -0.113. The van der Waals surface area contributed by atoms with Crippen LogP contribution in [-0.2, 0) is 4.79 Å². The van der Waals surface area contributed by atoms with Gasteiger partial charge in [-0.1, -0.05) is 30.0 Å². The molecule has 1 heterocycles. The fourth-order valence-corrected chi connectivity index (χ4v) is 3.80. The molecule has 0 saturated heterocycles. The first kappa shape index (κ1) is 22.2. The van der Waals surface area contributed by atoms with Crippen molar-refractivity contribution in [1.29, 1.82) is 0 Å².